The van der Waals surface area contributed by atoms with Crippen LogP contribution >= 0.6 is 0 Å². The summed E-state index contributed by atoms with van der Waals surface area (Å²) in [4.78, 5) is 104. The van der Waals surface area contributed by atoms with Gasteiger partial charge in [-0.05, 0) is 116 Å². The summed E-state index contributed by atoms with van der Waals surface area (Å²) in [6.45, 7) is 62.8. The zero-order valence-electron chi connectivity index (χ0n) is 56.0. The van der Waals surface area contributed by atoms with E-state index in [1.807, 2.05) is 51.1 Å². The number of aliphatic carboxylic acids is 1. The molecule has 0 aliphatic heterocycles. The van der Waals surface area contributed by atoms with Gasteiger partial charge in [0, 0.05) is 63.3 Å². The molecule has 0 saturated carbocycles. The van der Waals surface area contributed by atoms with Gasteiger partial charge in [0.25, 0.3) is 0 Å². The summed E-state index contributed by atoms with van der Waals surface area (Å²) in [5.41, 5.74) is 4.18. The first kappa shape index (κ1) is 98.3. The summed E-state index contributed by atoms with van der Waals surface area (Å²) in [5, 5.41) is 16.1. The molecule has 0 aliphatic rings. The zero-order chi connectivity index (χ0) is 71.3. The van der Waals surface area contributed by atoms with Crippen molar-refractivity contribution >= 4 is 59.7 Å². The fraction of sp³-hybridized carbons (Fsp3) is 0.455. The third-order valence-corrected chi connectivity index (χ3v) is 7.51. The van der Waals surface area contributed by atoms with Gasteiger partial charge in [-0.2, -0.15) is 0 Å². The van der Waals surface area contributed by atoms with Crippen LogP contribution in [0.1, 0.15) is 129 Å². The highest BCUT2D eigenvalue weighted by Gasteiger charge is 2.16. The molecule has 22 heteroatoms. The van der Waals surface area contributed by atoms with E-state index in [0.717, 1.165) is 24.5 Å². The summed E-state index contributed by atoms with van der Waals surface area (Å²) in [6.07, 6.45) is 3.04. The minimum atomic E-state index is -0.935. The van der Waals surface area contributed by atoms with Gasteiger partial charge >= 0.3 is 59.7 Å². The Morgan fingerprint density at radius 2 is 0.841 bits per heavy atom. The van der Waals surface area contributed by atoms with Crippen LogP contribution in [0.3, 0.4) is 0 Å². The van der Waals surface area contributed by atoms with E-state index < -0.39 is 23.5 Å². The number of carbonyl (C=O) groups is 10. The molecule has 1 aromatic rings. The van der Waals surface area contributed by atoms with Crippen LogP contribution in [0, 0.1) is 0 Å². The third-order valence-electron chi connectivity index (χ3n) is 7.51. The quantitative estimate of drug-likeness (QED) is 0.0472. The minimum absolute atomic E-state index is 0.0470. The van der Waals surface area contributed by atoms with E-state index in [4.69, 9.17) is 29.2 Å². The number of hydrogen-bond acceptors (Lipinski definition) is 21. The number of methoxy groups -OCH3 is 3. The van der Waals surface area contributed by atoms with E-state index in [1.54, 1.807) is 83.3 Å². The van der Waals surface area contributed by atoms with Gasteiger partial charge < -0.3 is 57.6 Å². The number of carboxylic acids is 1. The monoisotopic (exact) mass is 1250 g/mol. The smallest absolute Gasteiger partial charge is 0.333 e. The summed E-state index contributed by atoms with van der Waals surface area (Å²) in [5.74, 6) is -4.08. The van der Waals surface area contributed by atoms with Gasteiger partial charge in [0.1, 0.15) is 25.4 Å². The Morgan fingerprint density at radius 1 is 0.489 bits per heavy atom. The summed E-state index contributed by atoms with van der Waals surface area (Å²) in [7, 11) is 4.19. The summed E-state index contributed by atoms with van der Waals surface area (Å²) >= 11 is 0. The molecule has 0 aliphatic carbocycles. The van der Waals surface area contributed by atoms with Gasteiger partial charge in [0.2, 0.25) is 0 Å². The second kappa shape index (κ2) is 64.2. The lowest BCUT2D eigenvalue weighted by Crippen LogP contribution is -2.23. The van der Waals surface area contributed by atoms with Crippen LogP contribution in [-0.2, 0) is 102 Å². The predicted molar refractivity (Wildman–Crippen MR) is 342 cm³/mol. The molecule has 0 bridgehead atoms. The SMILES string of the molecule is C=C(C)C(=O)O.C=C(C)C(=O)OC.C=C(C)C(=O)OC(C)(C)C.C=C(C)C(=O)OC(C)C.C=C(C)C(=O)OCC.C=C(C)C(=O)OCCCC.C=C(C)C(=O)OCCO.C=C(C)C(=O)OCCOC.C=C(C)C(=O)OCc1ccccc1.C=CC(=O)OC. The fourth-order valence-corrected chi connectivity index (χ4v) is 3.07. The Balaban J connectivity index is -0.000000113. The normalized spacial score (nSPS) is 8.83. The second-order valence-electron chi connectivity index (χ2n) is 18.8. The molecule has 0 heterocycles. The van der Waals surface area contributed by atoms with Crippen molar-refractivity contribution in [3.05, 3.63) is 158 Å². The Bertz CT molecular complexity index is 2320. The number of hydrogen-bond donors (Lipinski definition) is 2. The average molecular weight is 1250 g/mol. The van der Waals surface area contributed by atoms with Crippen molar-refractivity contribution < 1.29 is 106 Å². The Hall–Kier alpha value is -8.76. The number of carbonyl (C=O) groups excluding carboxylic acids is 9. The number of aliphatic hydroxyl groups is 1. The van der Waals surface area contributed by atoms with E-state index in [2.05, 4.69) is 101 Å². The number of rotatable bonds is 22. The van der Waals surface area contributed by atoms with E-state index in [0.29, 0.717) is 77.6 Å². The molecule has 0 aromatic heterocycles. The van der Waals surface area contributed by atoms with Crippen LogP contribution < -0.4 is 0 Å². The van der Waals surface area contributed by atoms with Crippen LogP contribution in [0.15, 0.2) is 152 Å². The molecule has 0 saturated heterocycles. The van der Waals surface area contributed by atoms with E-state index >= 15 is 0 Å². The molecule has 500 valence electrons. The molecule has 88 heavy (non-hydrogen) atoms. The Morgan fingerprint density at radius 3 is 1.06 bits per heavy atom. The number of aliphatic hydroxyl groups excluding tert-OH is 1. The molecule has 0 atom stereocenters. The maximum absolute atomic E-state index is 11.0. The summed E-state index contributed by atoms with van der Waals surface area (Å²) < 4.78 is 46.3. The lowest BCUT2D eigenvalue weighted by atomic mass is 10.2. The third kappa shape index (κ3) is 86.0. The largest absolute Gasteiger partial charge is 0.478 e. The minimum Gasteiger partial charge on any atom is -0.478 e. The molecule has 2 N–H and O–H groups in total. The number of unbranched alkanes of at least 4 members (excludes halogenated alkanes) is 1. The van der Waals surface area contributed by atoms with Gasteiger partial charge in [-0.1, -0.05) is 109 Å². The van der Waals surface area contributed by atoms with Gasteiger partial charge in [0.15, 0.2) is 0 Å². The van der Waals surface area contributed by atoms with Crippen molar-refractivity contribution in [3.63, 3.8) is 0 Å². The van der Waals surface area contributed by atoms with Gasteiger partial charge in [-0.15, -0.1) is 0 Å². The second-order valence-corrected chi connectivity index (χ2v) is 18.8. The summed E-state index contributed by atoms with van der Waals surface area (Å²) in [6, 6.07) is 9.55. The van der Waals surface area contributed by atoms with E-state index in [9.17, 15) is 47.9 Å². The van der Waals surface area contributed by atoms with Gasteiger partial charge in [-0.3, -0.25) is 0 Å². The molecular formula is C66H104O22. The fourth-order valence-electron chi connectivity index (χ4n) is 3.07. The first-order chi connectivity index (χ1) is 40.4. The molecular weight excluding hydrogens is 1140 g/mol. The number of esters is 9. The average Bonchev–Trinajstić information content (AvgIpc) is 3.47. The molecule has 1 rings (SSSR count). The topological polar surface area (TPSA) is 303 Å². The zero-order valence-corrected chi connectivity index (χ0v) is 56.0. The molecule has 0 spiro atoms. The number of ether oxygens (including phenoxy) is 10. The van der Waals surface area contributed by atoms with Gasteiger partial charge in [0.05, 0.1) is 46.8 Å². The van der Waals surface area contributed by atoms with Gasteiger partial charge in [-0.25, -0.2) is 47.9 Å². The first-order valence-electron chi connectivity index (χ1n) is 26.8. The van der Waals surface area contributed by atoms with Crippen molar-refractivity contribution in [2.45, 2.75) is 142 Å². The first-order valence-corrected chi connectivity index (χ1v) is 26.8. The van der Waals surface area contributed by atoms with E-state index in [1.165, 1.54) is 21.1 Å². The maximum Gasteiger partial charge on any atom is 0.333 e. The van der Waals surface area contributed by atoms with Crippen LogP contribution in [0.2, 0.25) is 0 Å². The van der Waals surface area contributed by atoms with Crippen LogP contribution in [0.5, 0.6) is 0 Å². The van der Waals surface area contributed by atoms with Crippen LogP contribution in [0.4, 0.5) is 0 Å². The highest BCUT2D eigenvalue weighted by atomic mass is 16.6. The molecule has 0 unspecified atom stereocenters. The number of benzene rings is 1. The van der Waals surface area contributed by atoms with Crippen molar-refractivity contribution in [1.82, 2.24) is 0 Å². The molecule has 0 fully saturated rings. The van der Waals surface area contributed by atoms with E-state index in [-0.39, 0.29) is 66.7 Å². The molecule has 1 aromatic carbocycles. The highest BCUT2D eigenvalue weighted by Crippen LogP contribution is 2.09. The van der Waals surface area contributed by atoms with Crippen molar-refractivity contribution in [2.24, 2.45) is 0 Å². The standard InChI is InChI=1S/C11H12O2.2C8H14O2.C7H12O3.C7H12O2.C6H10O3.C6H10O2.C5H8O2.2C4H6O2/c1-9(2)11(12)13-8-10-6-4-3-5-7-10;1-6(2)7(9)10-8(3,4)5;1-4-5-6-10-8(9)7(2)3;1-6(2)7(8)10-5-4-9-3;1-5(2)7(8)9-6(3)4;1-5(2)6(8)9-4-3-7;1-4-8-6(7)5(2)3;1-4(2)5(6)7-3;1-3-4(5)6-2;1-3(2)4(5)6/h3-7H,1,8H2,2H3;1H2,2-5H3;2,4-6H2,1,3H3;1,4-5H2,2-3H3;6H,1H2,2-4H3;7H,1,3-4H2,2H3;2,4H2,1,3H3;1H2,2-3H3;3H,1H2,2H3;1H2,2H3,(H,5,6). The lowest BCUT2D eigenvalue weighted by molar-refractivity contribution is -0.150. The van der Waals surface area contributed by atoms with Crippen molar-refractivity contribution in [2.75, 3.05) is 61.0 Å². The Kier molecular flexibility index (Phi) is 71.8. The molecule has 22 nitrogen and oxygen atoms in total. The maximum atomic E-state index is 11.0. The van der Waals surface area contributed by atoms with Crippen molar-refractivity contribution in [1.29, 1.82) is 0 Å². The predicted octanol–water partition coefficient (Wildman–Crippen LogP) is 11.3. The van der Waals surface area contributed by atoms with Crippen LogP contribution in [-0.4, -0.2) is 143 Å². The Labute approximate surface area is 524 Å². The molecule has 0 radical (unpaired) electrons. The van der Waals surface area contributed by atoms with Crippen molar-refractivity contribution in [3.8, 4) is 0 Å². The van der Waals surface area contributed by atoms with Crippen LogP contribution in [0.25, 0.3) is 0 Å². The highest BCUT2D eigenvalue weighted by molar-refractivity contribution is 5.90. The number of carboxylic acid groups (broad SMARTS) is 1. The molecule has 0 amide bonds. The lowest BCUT2D eigenvalue weighted by Gasteiger charge is -2.19.